The highest BCUT2D eigenvalue weighted by Crippen LogP contribution is 2.16. The molecule has 0 fully saturated rings. The minimum Gasteiger partial charge on any atom is -0.360 e. The van der Waals surface area contributed by atoms with Crippen LogP contribution in [-0.2, 0) is 0 Å². The number of para-hydroxylation sites is 1. The van der Waals surface area contributed by atoms with Crippen LogP contribution in [0.25, 0.3) is 0 Å². The van der Waals surface area contributed by atoms with Crippen molar-refractivity contribution in [2.24, 2.45) is 0 Å². The van der Waals surface area contributed by atoms with Gasteiger partial charge in [0, 0.05) is 29.9 Å². The minimum absolute atomic E-state index is 0.196. The summed E-state index contributed by atoms with van der Waals surface area (Å²) in [6.45, 7) is 1.74. The molecule has 1 heterocycles. The lowest BCUT2D eigenvalue weighted by Crippen LogP contribution is -2.26. The number of aryl methyl sites for hydroxylation is 1. The molecule has 0 atom stereocenters. The molecule has 0 radical (unpaired) electrons. The van der Waals surface area contributed by atoms with E-state index in [1.54, 1.807) is 44.3 Å². The zero-order valence-electron chi connectivity index (χ0n) is 13.9. The molecule has 0 spiro atoms. The molecule has 0 aliphatic carbocycles. The van der Waals surface area contributed by atoms with E-state index in [9.17, 15) is 9.59 Å². The van der Waals surface area contributed by atoms with Crippen molar-refractivity contribution in [2.75, 3.05) is 17.3 Å². The molecule has 0 unspecified atom stereocenters. The Kier molecular flexibility index (Phi) is 4.61. The third-order valence-corrected chi connectivity index (χ3v) is 3.69. The van der Waals surface area contributed by atoms with E-state index in [0.717, 1.165) is 5.69 Å². The summed E-state index contributed by atoms with van der Waals surface area (Å²) in [7, 11) is 1.70. The predicted molar refractivity (Wildman–Crippen MR) is 94.8 cm³/mol. The quantitative estimate of drug-likeness (QED) is 0.791. The lowest BCUT2D eigenvalue weighted by Gasteiger charge is -2.17. The summed E-state index contributed by atoms with van der Waals surface area (Å²) < 4.78 is 4.92. The van der Waals surface area contributed by atoms with Crippen molar-refractivity contribution in [1.29, 1.82) is 0 Å². The van der Waals surface area contributed by atoms with Crippen LogP contribution < -0.4 is 10.2 Å². The molecule has 3 rings (SSSR count). The highest BCUT2D eigenvalue weighted by atomic mass is 16.5. The second-order valence-corrected chi connectivity index (χ2v) is 5.56. The number of nitrogens with one attached hydrogen (secondary N) is 1. The highest BCUT2D eigenvalue weighted by Gasteiger charge is 2.16. The fraction of sp³-hybridized carbons (Fsp3) is 0.105. The largest absolute Gasteiger partial charge is 0.360 e. The number of amides is 2. The molecule has 0 saturated carbocycles. The fourth-order valence-electron chi connectivity index (χ4n) is 2.37. The lowest BCUT2D eigenvalue weighted by molar-refractivity contribution is 0.0993. The van der Waals surface area contributed by atoms with Crippen molar-refractivity contribution in [3.63, 3.8) is 0 Å². The number of hydrogen-bond donors (Lipinski definition) is 1. The average Bonchev–Trinajstić information content (AvgIpc) is 3.06. The van der Waals surface area contributed by atoms with Crippen LogP contribution in [0, 0.1) is 6.92 Å². The van der Waals surface area contributed by atoms with Gasteiger partial charge in [-0.25, -0.2) is 0 Å². The Bertz CT molecular complexity index is 903. The van der Waals surface area contributed by atoms with Crippen molar-refractivity contribution in [1.82, 2.24) is 5.16 Å². The number of nitrogens with zero attached hydrogens (tertiary/aromatic N) is 2. The van der Waals surface area contributed by atoms with Gasteiger partial charge in [-0.2, -0.15) is 0 Å². The van der Waals surface area contributed by atoms with E-state index in [2.05, 4.69) is 10.5 Å². The molecule has 2 amide bonds. The molecule has 0 bridgehead atoms. The van der Waals surface area contributed by atoms with Gasteiger partial charge in [0.2, 0.25) is 0 Å². The normalized spacial score (nSPS) is 10.3. The zero-order valence-corrected chi connectivity index (χ0v) is 13.9. The molecule has 0 aliphatic heterocycles. The van der Waals surface area contributed by atoms with Crippen molar-refractivity contribution in [2.45, 2.75) is 6.92 Å². The first-order valence-electron chi connectivity index (χ1n) is 7.72. The second-order valence-electron chi connectivity index (χ2n) is 5.56. The van der Waals surface area contributed by atoms with Gasteiger partial charge in [0.05, 0.1) is 0 Å². The third kappa shape index (κ3) is 3.74. The van der Waals surface area contributed by atoms with Crippen LogP contribution in [0.4, 0.5) is 11.5 Å². The van der Waals surface area contributed by atoms with E-state index < -0.39 is 0 Å². The van der Waals surface area contributed by atoms with E-state index in [1.807, 2.05) is 30.3 Å². The summed E-state index contributed by atoms with van der Waals surface area (Å²) in [5.41, 5.74) is 1.57. The van der Waals surface area contributed by atoms with Gasteiger partial charge >= 0.3 is 0 Å². The van der Waals surface area contributed by atoms with Crippen molar-refractivity contribution in [3.8, 4) is 0 Å². The van der Waals surface area contributed by atoms with Gasteiger partial charge in [-0.05, 0) is 37.3 Å². The summed E-state index contributed by atoms with van der Waals surface area (Å²) >= 11 is 0. The Morgan fingerprint density at radius 1 is 1.00 bits per heavy atom. The summed E-state index contributed by atoms with van der Waals surface area (Å²) in [6, 6.07) is 17.5. The number of anilines is 2. The number of carbonyl (C=O) groups excluding carboxylic acids is 2. The van der Waals surface area contributed by atoms with Gasteiger partial charge < -0.3 is 14.7 Å². The van der Waals surface area contributed by atoms with Crippen LogP contribution in [0.5, 0.6) is 0 Å². The molecule has 1 N–H and O–H groups in total. The number of hydrogen-bond acceptors (Lipinski definition) is 4. The number of rotatable bonds is 4. The maximum Gasteiger partial charge on any atom is 0.258 e. The van der Waals surface area contributed by atoms with Crippen molar-refractivity contribution in [3.05, 3.63) is 77.6 Å². The maximum atomic E-state index is 12.6. The summed E-state index contributed by atoms with van der Waals surface area (Å²) in [4.78, 5) is 26.5. The first kappa shape index (κ1) is 16.4. The Hall–Kier alpha value is -3.41. The van der Waals surface area contributed by atoms with Crippen molar-refractivity contribution < 1.29 is 14.1 Å². The van der Waals surface area contributed by atoms with Crippen molar-refractivity contribution >= 4 is 23.3 Å². The molecular formula is C19H17N3O3. The Morgan fingerprint density at radius 2 is 1.72 bits per heavy atom. The number of aromatic nitrogens is 1. The number of benzene rings is 2. The van der Waals surface area contributed by atoms with Gasteiger partial charge in [0.25, 0.3) is 11.8 Å². The molecule has 2 aromatic carbocycles. The van der Waals surface area contributed by atoms with E-state index in [0.29, 0.717) is 22.7 Å². The second kappa shape index (κ2) is 7.00. The highest BCUT2D eigenvalue weighted by molar-refractivity contribution is 6.09. The van der Waals surface area contributed by atoms with Crippen LogP contribution in [0.2, 0.25) is 0 Å². The fourth-order valence-corrected chi connectivity index (χ4v) is 2.37. The summed E-state index contributed by atoms with van der Waals surface area (Å²) in [5, 5.41) is 6.36. The monoisotopic (exact) mass is 335 g/mol. The topological polar surface area (TPSA) is 75.4 Å². The van der Waals surface area contributed by atoms with Gasteiger partial charge in [0.1, 0.15) is 5.76 Å². The van der Waals surface area contributed by atoms with Crippen LogP contribution in [0.3, 0.4) is 0 Å². The maximum absolute atomic E-state index is 12.6. The smallest absolute Gasteiger partial charge is 0.258 e. The van der Waals surface area contributed by atoms with Crippen LogP contribution >= 0.6 is 0 Å². The van der Waals surface area contributed by atoms with E-state index in [4.69, 9.17) is 4.52 Å². The predicted octanol–water partition coefficient (Wildman–Crippen LogP) is 3.51. The SMILES string of the molecule is Cc1cc(NC(=O)c2cccc(C(=O)N(C)c3ccccc3)c2)no1. The molecule has 25 heavy (non-hydrogen) atoms. The average molecular weight is 335 g/mol. The minimum atomic E-state index is -0.356. The number of carbonyl (C=O) groups is 2. The molecule has 1 aromatic heterocycles. The van der Waals surface area contributed by atoms with E-state index in [-0.39, 0.29) is 11.8 Å². The van der Waals surface area contributed by atoms with Crippen LogP contribution in [-0.4, -0.2) is 24.0 Å². The van der Waals surface area contributed by atoms with Gasteiger partial charge in [-0.15, -0.1) is 0 Å². The Morgan fingerprint density at radius 3 is 2.40 bits per heavy atom. The molecule has 3 aromatic rings. The molecule has 6 nitrogen and oxygen atoms in total. The molecule has 126 valence electrons. The standard InChI is InChI=1S/C19H17N3O3/c1-13-11-17(21-25-13)20-18(23)14-7-6-8-15(12-14)19(24)22(2)16-9-4-3-5-10-16/h3-12H,1-2H3,(H,20,21,23). The first-order valence-corrected chi connectivity index (χ1v) is 7.72. The molecule has 0 aliphatic rings. The van der Waals surface area contributed by atoms with E-state index >= 15 is 0 Å². The van der Waals surface area contributed by atoms with Gasteiger partial charge in [0.15, 0.2) is 5.82 Å². The summed E-state index contributed by atoms with van der Waals surface area (Å²) in [6.07, 6.45) is 0. The van der Waals surface area contributed by atoms with Crippen LogP contribution in [0.1, 0.15) is 26.5 Å². The Labute approximate surface area is 145 Å². The molecule has 6 heteroatoms. The lowest BCUT2D eigenvalue weighted by atomic mass is 10.1. The van der Waals surface area contributed by atoms with Crippen LogP contribution in [0.15, 0.2) is 65.2 Å². The third-order valence-electron chi connectivity index (χ3n) is 3.69. The zero-order chi connectivity index (χ0) is 17.8. The van der Waals surface area contributed by atoms with Gasteiger partial charge in [-0.3, -0.25) is 9.59 Å². The Balaban J connectivity index is 1.79. The molecular weight excluding hydrogens is 318 g/mol. The van der Waals surface area contributed by atoms with E-state index in [1.165, 1.54) is 4.90 Å². The summed E-state index contributed by atoms with van der Waals surface area (Å²) in [5.74, 6) is 0.382. The molecule has 0 saturated heterocycles. The first-order chi connectivity index (χ1) is 12.0. The van der Waals surface area contributed by atoms with Gasteiger partial charge in [-0.1, -0.05) is 29.4 Å².